The summed E-state index contributed by atoms with van der Waals surface area (Å²) >= 11 is 3.12. The molecule has 0 aliphatic carbocycles. The van der Waals surface area contributed by atoms with Gasteiger partial charge in [0.05, 0.1) is 11.3 Å². The van der Waals surface area contributed by atoms with E-state index in [4.69, 9.17) is 0 Å². The van der Waals surface area contributed by atoms with Gasteiger partial charge >= 0.3 is 0 Å². The first-order valence-corrected chi connectivity index (χ1v) is 6.70. The van der Waals surface area contributed by atoms with E-state index in [1.165, 1.54) is 17.0 Å². The molecule has 1 aromatic rings. The molecule has 1 amide bonds. The van der Waals surface area contributed by atoms with Crippen molar-refractivity contribution in [2.24, 2.45) is 0 Å². The summed E-state index contributed by atoms with van der Waals surface area (Å²) in [6.45, 7) is 2.44. The standard InChI is InChI=1S/C13H13BrFNO2/c1-2-3-4-5-16-11-9(12(17)13(16)18)6-8(14)7-10(11)15/h6-7H,2-5H2,1H3. The lowest BCUT2D eigenvalue weighted by molar-refractivity contribution is -0.114. The Morgan fingerprint density at radius 3 is 2.67 bits per heavy atom. The molecule has 1 aliphatic heterocycles. The van der Waals surface area contributed by atoms with Gasteiger partial charge < -0.3 is 4.90 Å². The predicted molar refractivity (Wildman–Crippen MR) is 70.3 cm³/mol. The Balaban J connectivity index is 2.36. The van der Waals surface area contributed by atoms with Crippen LogP contribution >= 0.6 is 15.9 Å². The molecule has 1 aliphatic rings. The summed E-state index contributed by atoms with van der Waals surface area (Å²) in [6, 6.07) is 2.77. The first-order valence-electron chi connectivity index (χ1n) is 5.91. The highest BCUT2D eigenvalue weighted by Crippen LogP contribution is 2.34. The van der Waals surface area contributed by atoms with Crippen molar-refractivity contribution in [2.75, 3.05) is 11.4 Å². The topological polar surface area (TPSA) is 37.4 Å². The summed E-state index contributed by atoms with van der Waals surface area (Å²) in [4.78, 5) is 24.8. The van der Waals surface area contributed by atoms with E-state index in [1.807, 2.05) is 6.92 Å². The number of anilines is 1. The van der Waals surface area contributed by atoms with Crippen LogP contribution in [0.3, 0.4) is 0 Å². The summed E-state index contributed by atoms with van der Waals surface area (Å²) in [6.07, 6.45) is 2.72. The van der Waals surface area contributed by atoms with Crippen LogP contribution in [0, 0.1) is 5.82 Å². The molecule has 0 radical (unpaired) electrons. The molecule has 3 nitrogen and oxygen atoms in total. The van der Waals surface area contributed by atoms with E-state index in [-0.39, 0.29) is 11.3 Å². The number of benzene rings is 1. The zero-order valence-corrected chi connectivity index (χ0v) is 11.6. The van der Waals surface area contributed by atoms with Crippen molar-refractivity contribution in [1.29, 1.82) is 0 Å². The number of carbonyl (C=O) groups excluding carboxylic acids is 2. The number of fused-ring (bicyclic) bond motifs is 1. The summed E-state index contributed by atoms with van der Waals surface area (Å²) in [5.74, 6) is -1.78. The molecule has 18 heavy (non-hydrogen) atoms. The third-order valence-electron chi connectivity index (χ3n) is 2.97. The predicted octanol–water partition coefficient (Wildman–Crippen LogP) is 3.31. The molecular formula is C13H13BrFNO2. The van der Waals surface area contributed by atoms with Crippen LogP contribution in [0.1, 0.15) is 36.5 Å². The van der Waals surface area contributed by atoms with Gasteiger partial charge in [0.15, 0.2) is 0 Å². The van der Waals surface area contributed by atoms with Crippen molar-refractivity contribution in [3.05, 3.63) is 28.0 Å². The second-order valence-electron chi connectivity index (χ2n) is 4.28. The quantitative estimate of drug-likeness (QED) is 0.631. The lowest BCUT2D eigenvalue weighted by atomic mass is 10.1. The largest absolute Gasteiger partial charge is 0.302 e. The maximum Gasteiger partial charge on any atom is 0.299 e. The van der Waals surface area contributed by atoms with Gasteiger partial charge in [-0.25, -0.2) is 4.39 Å². The number of hydrogen-bond acceptors (Lipinski definition) is 2. The summed E-state index contributed by atoms with van der Waals surface area (Å²) < 4.78 is 14.3. The average Bonchev–Trinajstić information content (AvgIpc) is 2.55. The number of carbonyl (C=O) groups is 2. The SMILES string of the molecule is CCCCCN1C(=O)C(=O)c2cc(Br)cc(F)c21. The van der Waals surface area contributed by atoms with Gasteiger partial charge in [-0.1, -0.05) is 35.7 Å². The van der Waals surface area contributed by atoms with Gasteiger partial charge in [-0.15, -0.1) is 0 Å². The molecule has 0 unspecified atom stereocenters. The summed E-state index contributed by atoms with van der Waals surface area (Å²) in [7, 11) is 0. The Kier molecular flexibility index (Phi) is 3.80. The van der Waals surface area contributed by atoms with Crippen molar-refractivity contribution in [1.82, 2.24) is 0 Å². The monoisotopic (exact) mass is 313 g/mol. The number of nitrogens with zero attached hydrogens (tertiary/aromatic N) is 1. The highest BCUT2D eigenvalue weighted by atomic mass is 79.9. The van der Waals surface area contributed by atoms with Crippen LogP contribution in [-0.2, 0) is 4.79 Å². The molecule has 96 valence electrons. The molecule has 2 rings (SSSR count). The van der Waals surface area contributed by atoms with E-state index in [0.717, 1.165) is 19.3 Å². The second kappa shape index (κ2) is 5.18. The van der Waals surface area contributed by atoms with E-state index in [2.05, 4.69) is 15.9 Å². The zero-order chi connectivity index (χ0) is 13.3. The number of amides is 1. The molecule has 1 aromatic carbocycles. The van der Waals surface area contributed by atoms with E-state index in [0.29, 0.717) is 11.0 Å². The highest BCUT2D eigenvalue weighted by molar-refractivity contribution is 9.10. The smallest absolute Gasteiger partial charge is 0.299 e. The minimum absolute atomic E-state index is 0.129. The molecule has 0 atom stereocenters. The summed E-state index contributed by atoms with van der Waals surface area (Å²) in [5.41, 5.74) is 0.285. The molecular weight excluding hydrogens is 301 g/mol. The minimum atomic E-state index is -0.627. The van der Waals surface area contributed by atoms with Crippen molar-refractivity contribution in [3.63, 3.8) is 0 Å². The van der Waals surface area contributed by atoms with E-state index < -0.39 is 17.5 Å². The van der Waals surface area contributed by atoms with E-state index in [1.54, 1.807) is 0 Å². The van der Waals surface area contributed by atoms with Gasteiger partial charge in [0.1, 0.15) is 5.82 Å². The minimum Gasteiger partial charge on any atom is -0.302 e. The van der Waals surface area contributed by atoms with Gasteiger partial charge in [0.25, 0.3) is 11.7 Å². The Labute approximate surface area is 113 Å². The molecule has 0 aromatic heterocycles. The normalized spacial score (nSPS) is 14.3. The maximum atomic E-state index is 13.9. The van der Waals surface area contributed by atoms with E-state index >= 15 is 0 Å². The van der Waals surface area contributed by atoms with E-state index in [9.17, 15) is 14.0 Å². The molecule has 0 bridgehead atoms. The molecule has 0 fully saturated rings. The maximum absolute atomic E-state index is 13.9. The lowest BCUT2D eigenvalue weighted by Crippen LogP contribution is -2.31. The molecule has 0 saturated heterocycles. The number of hydrogen-bond donors (Lipinski definition) is 0. The van der Waals surface area contributed by atoms with Crippen molar-refractivity contribution < 1.29 is 14.0 Å². The Morgan fingerprint density at radius 2 is 2.00 bits per heavy atom. The van der Waals surface area contributed by atoms with Crippen molar-refractivity contribution in [3.8, 4) is 0 Å². The Hall–Kier alpha value is -1.23. The number of Topliss-reactive ketones (excluding diaryl/α,β-unsaturated/α-hetero) is 1. The van der Waals surface area contributed by atoms with Crippen LogP contribution in [0.25, 0.3) is 0 Å². The first kappa shape index (κ1) is 13.2. The third kappa shape index (κ3) is 2.19. The van der Waals surface area contributed by atoms with Crippen molar-refractivity contribution >= 4 is 33.3 Å². The number of halogens is 2. The Morgan fingerprint density at radius 1 is 1.28 bits per heavy atom. The second-order valence-corrected chi connectivity index (χ2v) is 5.19. The molecule has 0 saturated carbocycles. The number of rotatable bonds is 4. The lowest BCUT2D eigenvalue weighted by Gasteiger charge is -2.16. The fourth-order valence-electron chi connectivity index (χ4n) is 2.09. The van der Waals surface area contributed by atoms with Crippen LogP contribution in [0.15, 0.2) is 16.6 Å². The van der Waals surface area contributed by atoms with Crippen LogP contribution in [0.5, 0.6) is 0 Å². The van der Waals surface area contributed by atoms with Crippen LogP contribution < -0.4 is 4.90 Å². The fraction of sp³-hybridized carbons (Fsp3) is 0.385. The van der Waals surface area contributed by atoms with Gasteiger partial charge in [0, 0.05) is 11.0 Å². The van der Waals surface area contributed by atoms with Gasteiger partial charge in [-0.2, -0.15) is 0 Å². The van der Waals surface area contributed by atoms with Crippen LogP contribution in [0.2, 0.25) is 0 Å². The molecule has 1 heterocycles. The van der Waals surface area contributed by atoms with Crippen LogP contribution in [-0.4, -0.2) is 18.2 Å². The highest BCUT2D eigenvalue weighted by Gasteiger charge is 2.37. The van der Waals surface area contributed by atoms with Crippen molar-refractivity contribution in [2.45, 2.75) is 26.2 Å². The molecule has 5 heteroatoms. The third-order valence-corrected chi connectivity index (χ3v) is 3.43. The van der Waals surface area contributed by atoms with Gasteiger partial charge in [-0.05, 0) is 18.6 Å². The first-order chi connectivity index (χ1) is 8.56. The average molecular weight is 314 g/mol. The summed E-state index contributed by atoms with van der Waals surface area (Å²) in [5, 5.41) is 0. The van der Waals surface area contributed by atoms with Gasteiger partial charge in [-0.3, -0.25) is 9.59 Å². The number of unbranched alkanes of at least 4 members (excludes halogenated alkanes) is 2. The Bertz CT molecular complexity index is 516. The zero-order valence-electron chi connectivity index (χ0n) is 10.0. The molecule has 0 spiro atoms. The van der Waals surface area contributed by atoms with Crippen LogP contribution in [0.4, 0.5) is 10.1 Å². The van der Waals surface area contributed by atoms with Gasteiger partial charge in [0.2, 0.25) is 0 Å². The number of ketones is 1. The fourth-order valence-corrected chi connectivity index (χ4v) is 2.52. The molecule has 0 N–H and O–H groups in total.